The summed E-state index contributed by atoms with van der Waals surface area (Å²) in [6.45, 7) is 3.66. The average molecular weight is 546 g/mol. The van der Waals surface area contributed by atoms with Crippen LogP contribution in [0.3, 0.4) is 0 Å². The number of carbonyl (C=O) groups is 2. The van der Waals surface area contributed by atoms with E-state index in [9.17, 15) is 25.0 Å². The van der Waals surface area contributed by atoms with Crippen LogP contribution in [0.15, 0.2) is 87.9 Å². The van der Waals surface area contributed by atoms with Crippen molar-refractivity contribution in [3.05, 3.63) is 108 Å². The predicted octanol–water partition coefficient (Wildman–Crippen LogP) is 5.67. The van der Waals surface area contributed by atoms with Crippen LogP contribution >= 0.6 is 23.1 Å². The number of allylic oxidation sites excluding steroid dienone is 2. The number of thiophene rings is 1. The van der Waals surface area contributed by atoms with E-state index >= 15 is 0 Å². The molecule has 192 valence electrons. The van der Waals surface area contributed by atoms with Gasteiger partial charge >= 0.3 is 0 Å². The van der Waals surface area contributed by atoms with Crippen molar-refractivity contribution in [2.24, 2.45) is 0 Å². The molecular formula is C27H23N5O4S2. The smallest absolute Gasteiger partial charge is 0.292 e. The van der Waals surface area contributed by atoms with Gasteiger partial charge in [0, 0.05) is 27.9 Å². The van der Waals surface area contributed by atoms with Gasteiger partial charge in [0.15, 0.2) is 0 Å². The number of aryl methyl sites for hydroxylation is 1. The first-order chi connectivity index (χ1) is 18.3. The molecule has 0 bridgehead atoms. The second kappa shape index (κ2) is 11.8. The monoisotopic (exact) mass is 545 g/mol. The van der Waals surface area contributed by atoms with E-state index in [1.165, 1.54) is 29.5 Å². The van der Waals surface area contributed by atoms with Crippen LogP contribution in [-0.2, 0) is 9.59 Å². The molecule has 0 aliphatic carbocycles. The summed E-state index contributed by atoms with van der Waals surface area (Å²) >= 11 is 2.53. The minimum absolute atomic E-state index is 0.0943. The molecule has 0 spiro atoms. The van der Waals surface area contributed by atoms with E-state index in [0.717, 1.165) is 22.2 Å². The highest BCUT2D eigenvalue weighted by molar-refractivity contribution is 8.03. The lowest BCUT2D eigenvalue weighted by Crippen LogP contribution is -2.31. The van der Waals surface area contributed by atoms with Crippen molar-refractivity contribution in [3.8, 4) is 6.07 Å². The van der Waals surface area contributed by atoms with E-state index in [4.69, 9.17) is 0 Å². The van der Waals surface area contributed by atoms with Gasteiger partial charge in [0.05, 0.1) is 33.3 Å². The van der Waals surface area contributed by atoms with Crippen molar-refractivity contribution < 1.29 is 14.5 Å². The number of nitrogens with one attached hydrogen (secondary N) is 3. The number of nitro groups is 1. The lowest BCUT2D eigenvalue weighted by molar-refractivity contribution is -0.383. The van der Waals surface area contributed by atoms with E-state index in [-0.39, 0.29) is 23.0 Å². The van der Waals surface area contributed by atoms with Crippen LogP contribution in [0.4, 0.5) is 17.1 Å². The number of thioether (sulfide) groups is 1. The topological polar surface area (TPSA) is 137 Å². The summed E-state index contributed by atoms with van der Waals surface area (Å²) in [4.78, 5) is 37.7. The molecule has 2 amide bonds. The quantitative estimate of drug-likeness (QED) is 0.245. The van der Waals surface area contributed by atoms with Gasteiger partial charge in [-0.05, 0) is 43.0 Å². The Hall–Kier alpha value is -4.40. The summed E-state index contributed by atoms with van der Waals surface area (Å²) in [5.41, 5.74) is 2.77. The number of hydrogen-bond donors (Lipinski definition) is 3. The number of nitro benzene ring substituents is 1. The first kappa shape index (κ1) is 26.7. The zero-order valence-corrected chi connectivity index (χ0v) is 22.1. The molecule has 0 saturated carbocycles. The van der Waals surface area contributed by atoms with Crippen molar-refractivity contribution in [3.63, 3.8) is 0 Å². The summed E-state index contributed by atoms with van der Waals surface area (Å²) in [6.07, 6.45) is 0. The average Bonchev–Trinajstić information content (AvgIpc) is 3.43. The SMILES string of the molecule is CC1=C(C(=O)Nc2ccccc2C)[C@@H](c2cccs2)C(C#N)=C(SCC(=O)Nc2ccccc2[N+](=O)[O-])N1. The lowest BCUT2D eigenvalue weighted by Gasteiger charge is -2.29. The van der Waals surface area contributed by atoms with E-state index < -0.39 is 16.7 Å². The first-order valence-corrected chi connectivity index (χ1v) is 13.3. The number of anilines is 2. The number of nitrogens with zero attached hydrogens (tertiary/aromatic N) is 2. The molecule has 0 radical (unpaired) electrons. The molecule has 0 unspecified atom stereocenters. The highest BCUT2D eigenvalue weighted by atomic mass is 32.2. The van der Waals surface area contributed by atoms with Crippen LogP contribution in [0.1, 0.15) is 23.3 Å². The van der Waals surface area contributed by atoms with Gasteiger partial charge in [0.2, 0.25) is 5.91 Å². The maximum absolute atomic E-state index is 13.5. The van der Waals surface area contributed by atoms with Gasteiger partial charge in [-0.1, -0.05) is 48.2 Å². The molecule has 3 N–H and O–H groups in total. The fourth-order valence-corrected chi connectivity index (χ4v) is 5.77. The number of hydrogen-bond acceptors (Lipinski definition) is 8. The Morgan fingerprint density at radius 2 is 1.79 bits per heavy atom. The number of para-hydroxylation sites is 3. The molecule has 1 atom stereocenters. The molecule has 1 aliphatic heterocycles. The summed E-state index contributed by atoms with van der Waals surface area (Å²) in [6, 6.07) is 19.3. The van der Waals surface area contributed by atoms with Gasteiger partial charge in [0.25, 0.3) is 11.6 Å². The number of dihydropyridines is 1. The van der Waals surface area contributed by atoms with Crippen LogP contribution in [-0.4, -0.2) is 22.5 Å². The Balaban J connectivity index is 1.59. The summed E-state index contributed by atoms with van der Waals surface area (Å²) in [7, 11) is 0. The predicted molar refractivity (Wildman–Crippen MR) is 150 cm³/mol. The molecule has 11 heteroatoms. The Labute approximate surface area is 227 Å². The van der Waals surface area contributed by atoms with Crippen LogP contribution in [0.25, 0.3) is 0 Å². The van der Waals surface area contributed by atoms with Crippen LogP contribution in [0.5, 0.6) is 0 Å². The zero-order chi connectivity index (χ0) is 27.2. The molecule has 38 heavy (non-hydrogen) atoms. The fraction of sp³-hybridized carbons (Fsp3) is 0.148. The molecule has 2 aromatic carbocycles. The minimum Gasteiger partial charge on any atom is -0.353 e. The van der Waals surface area contributed by atoms with Crippen LogP contribution in [0.2, 0.25) is 0 Å². The van der Waals surface area contributed by atoms with Crippen LogP contribution in [0, 0.1) is 28.4 Å². The molecular weight excluding hydrogens is 522 g/mol. The molecule has 1 aromatic heterocycles. The molecule has 4 rings (SSSR count). The highest BCUT2D eigenvalue weighted by Crippen LogP contribution is 2.42. The van der Waals surface area contributed by atoms with Gasteiger partial charge in [-0.2, -0.15) is 5.26 Å². The molecule has 1 aliphatic rings. The third kappa shape index (κ3) is 5.77. The summed E-state index contributed by atoms with van der Waals surface area (Å²) in [5, 5.41) is 32.4. The number of amides is 2. The molecule has 3 aromatic rings. The third-order valence-electron chi connectivity index (χ3n) is 5.84. The molecule has 2 heterocycles. The van der Waals surface area contributed by atoms with Crippen molar-refractivity contribution in [2.45, 2.75) is 19.8 Å². The van der Waals surface area contributed by atoms with Crippen molar-refractivity contribution in [1.29, 1.82) is 5.26 Å². The van der Waals surface area contributed by atoms with Gasteiger partial charge in [-0.3, -0.25) is 19.7 Å². The molecule has 0 fully saturated rings. The van der Waals surface area contributed by atoms with Gasteiger partial charge in [-0.15, -0.1) is 11.3 Å². The second-order valence-electron chi connectivity index (χ2n) is 8.35. The maximum Gasteiger partial charge on any atom is 0.292 e. The normalized spacial score (nSPS) is 14.9. The van der Waals surface area contributed by atoms with E-state index in [2.05, 4.69) is 22.0 Å². The van der Waals surface area contributed by atoms with Crippen molar-refractivity contribution in [1.82, 2.24) is 5.32 Å². The standard InChI is InChI=1S/C27H23N5O4S2/c1-16-8-3-4-9-19(16)31-26(34)24-17(2)29-27(18(14-28)25(24)22-12-7-13-37-22)38-15-23(33)30-20-10-5-6-11-21(20)32(35)36/h3-13,25,29H,15H2,1-2H3,(H,30,33)(H,31,34)/t25-/m1/s1. The van der Waals surface area contributed by atoms with Gasteiger partial charge in [-0.25, -0.2) is 0 Å². The van der Waals surface area contributed by atoms with E-state index in [1.807, 2.05) is 48.7 Å². The summed E-state index contributed by atoms with van der Waals surface area (Å²) in [5.74, 6) is -1.51. The fourth-order valence-electron chi connectivity index (χ4n) is 4.03. The minimum atomic E-state index is -0.619. The van der Waals surface area contributed by atoms with Gasteiger partial charge < -0.3 is 16.0 Å². The van der Waals surface area contributed by atoms with Crippen LogP contribution < -0.4 is 16.0 Å². The van der Waals surface area contributed by atoms with Crippen molar-refractivity contribution in [2.75, 3.05) is 16.4 Å². The number of nitriles is 1. The van der Waals surface area contributed by atoms with E-state index in [1.54, 1.807) is 13.0 Å². The third-order valence-corrected chi connectivity index (χ3v) is 7.79. The Bertz CT molecular complexity index is 1510. The number of carbonyl (C=O) groups excluding carboxylic acids is 2. The Kier molecular flexibility index (Phi) is 8.25. The lowest BCUT2D eigenvalue weighted by atomic mass is 9.86. The molecule has 9 nitrogen and oxygen atoms in total. The zero-order valence-electron chi connectivity index (χ0n) is 20.5. The number of benzene rings is 2. The van der Waals surface area contributed by atoms with E-state index in [0.29, 0.717) is 27.6 Å². The first-order valence-electron chi connectivity index (χ1n) is 11.5. The Morgan fingerprint density at radius 1 is 1.08 bits per heavy atom. The molecule has 0 saturated heterocycles. The maximum atomic E-state index is 13.5. The Morgan fingerprint density at radius 3 is 2.45 bits per heavy atom. The van der Waals surface area contributed by atoms with Gasteiger partial charge in [0.1, 0.15) is 5.69 Å². The summed E-state index contributed by atoms with van der Waals surface area (Å²) < 4.78 is 0. The largest absolute Gasteiger partial charge is 0.353 e. The second-order valence-corrected chi connectivity index (χ2v) is 10.3. The van der Waals surface area contributed by atoms with Crippen molar-refractivity contribution >= 4 is 52.0 Å². The highest BCUT2D eigenvalue weighted by Gasteiger charge is 2.35. The number of rotatable bonds is 8.